The van der Waals surface area contributed by atoms with Crippen molar-refractivity contribution in [2.24, 2.45) is 11.8 Å². The van der Waals surface area contributed by atoms with Crippen molar-refractivity contribution in [1.82, 2.24) is 9.80 Å². The van der Waals surface area contributed by atoms with Gasteiger partial charge in [-0.2, -0.15) is 0 Å². The summed E-state index contributed by atoms with van der Waals surface area (Å²) in [5, 5.41) is 0. The highest BCUT2D eigenvalue weighted by Gasteiger charge is 2.45. The fraction of sp³-hybridized carbons (Fsp3) is 0.625. The molecule has 0 unspecified atom stereocenters. The lowest BCUT2D eigenvalue weighted by Gasteiger charge is -2.54. The van der Waals surface area contributed by atoms with Crippen LogP contribution in [0.3, 0.4) is 0 Å². The molecule has 1 aromatic rings. The summed E-state index contributed by atoms with van der Waals surface area (Å²) in [6, 6.07) is 9.40. The van der Waals surface area contributed by atoms with Gasteiger partial charge in [0.1, 0.15) is 0 Å². The average Bonchev–Trinajstić information content (AvgIpc) is 2.73. The van der Waals surface area contributed by atoms with E-state index in [1.54, 1.807) is 5.57 Å². The van der Waals surface area contributed by atoms with Crippen LogP contribution in [-0.2, 0) is 11.3 Å². The number of esters is 1. The van der Waals surface area contributed by atoms with E-state index in [0.717, 1.165) is 31.0 Å². The van der Waals surface area contributed by atoms with E-state index in [2.05, 4.69) is 21.9 Å². The van der Waals surface area contributed by atoms with Crippen LogP contribution in [0.15, 0.2) is 35.9 Å². The fourth-order valence-corrected chi connectivity index (χ4v) is 6.41. The molecule has 1 aliphatic carbocycles. The highest BCUT2D eigenvalue weighted by Crippen LogP contribution is 2.45. The van der Waals surface area contributed by atoms with Crippen LogP contribution in [0.5, 0.6) is 0 Å². The minimum absolute atomic E-state index is 0.245. The predicted molar refractivity (Wildman–Crippen MR) is 110 cm³/mol. The number of carbonyl (C=O) groups is 1. The first-order valence-corrected chi connectivity index (χ1v) is 11.1. The van der Waals surface area contributed by atoms with E-state index in [0.29, 0.717) is 11.6 Å². The first kappa shape index (κ1) is 18.4. The van der Waals surface area contributed by atoms with Gasteiger partial charge in [0, 0.05) is 25.2 Å². The van der Waals surface area contributed by atoms with E-state index in [9.17, 15) is 4.79 Å². The van der Waals surface area contributed by atoms with E-state index in [1.165, 1.54) is 64.3 Å². The fourth-order valence-electron chi connectivity index (χ4n) is 6.41. The maximum absolute atomic E-state index is 11.9. The van der Waals surface area contributed by atoms with E-state index < -0.39 is 0 Å². The van der Waals surface area contributed by atoms with Crippen molar-refractivity contribution < 1.29 is 9.53 Å². The Bertz CT molecular complexity index is 774. The minimum Gasteiger partial charge on any atom is -0.465 e. The molecule has 3 saturated heterocycles. The van der Waals surface area contributed by atoms with Crippen molar-refractivity contribution in [3.05, 3.63) is 47.0 Å². The quantitative estimate of drug-likeness (QED) is 0.589. The summed E-state index contributed by atoms with van der Waals surface area (Å²) in [7, 11) is 1.45. The van der Waals surface area contributed by atoms with Crippen LogP contribution in [-0.4, -0.2) is 54.6 Å². The molecule has 2 bridgehead atoms. The molecule has 4 heteroatoms. The number of methoxy groups -OCH3 is 1. The molecule has 0 saturated carbocycles. The van der Waals surface area contributed by atoms with E-state index >= 15 is 0 Å². The molecule has 4 aliphatic rings. The number of fused-ring (bicyclic) bond motifs is 6. The van der Waals surface area contributed by atoms with Gasteiger partial charge in [0.2, 0.25) is 0 Å². The number of benzene rings is 1. The number of hydrogen-bond acceptors (Lipinski definition) is 4. The molecule has 1 aromatic carbocycles. The molecule has 3 fully saturated rings. The van der Waals surface area contributed by atoms with Crippen molar-refractivity contribution in [2.75, 3.05) is 26.7 Å². The topological polar surface area (TPSA) is 32.8 Å². The summed E-state index contributed by atoms with van der Waals surface area (Å²) in [6.07, 6.45) is 10.8. The second kappa shape index (κ2) is 7.64. The van der Waals surface area contributed by atoms with Crippen LogP contribution >= 0.6 is 0 Å². The highest BCUT2D eigenvalue weighted by molar-refractivity contribution is 5.89. The summed E-state index contributed by atoms with van der Waals surface area (Å²) < 4.78 is 4.90. The SMILES string of the molecule is COC(=O)c1cccc(CN2CCCC3=C[C@H]4C[C@@H](CN5CCCC[C@H]45)[C@@H]32)c1. The lowest BCUT2D eigenvalue weighted by molar-refractivity contribution is -0.00265. The minimum atomic E-state index is -0.245. The third kappa shape index (κ3) is 3.31. The maximum Gasteiger partial charge on any atom is 0.337 e. The van der Waals surface area contributed by atoms with Crippen LogP contribution in [0, 0.1) is 11.8 Å². The second-order valence-electron chi connectivity index (χ2n) is 9.17. The van der Waals surface area contributed by atoms with Crippen LogP contribution in [0.25, 0.3) is 0 Å². The lowest BCUT2D eigenvalue weighted by Crippen LogP contribution is -2.58. The van der Waals surface area contributed by atoms with Crippen molar-refractivity contribution >= 4 is 5.97 Å². The van der Waals surface area contributed by atoms with Crippen molar-refractivity contribution in [1.29, 1.82) is 0 Å². The highest BCUT2D eigenvalue weighted by atomic mass is 16.5. The maximum atomic E-state index is 11.9. The van der Waals surface area contributed by atoms with Gasteiger partial charge >= 0.3 is 5.97 Å². The van der Waals surface area contributed by atoms with Gasteiger partial charge < -0.3 is 4.74 Å². The van der Waals surface area contributed by atoms with Gasteiger partial charge in [0.15, 0.2) is 0 Å². The molecule has 0 N–H and O–H groups in total. The van der Waals surface area contributed by atoms with Crippen LogP contribution in [0.1, 0.15) is 54.4 Å². The number of rotatable bonds is 3. The monoisotopic (exact) mass is 380 g/mol. The molecule has 5 rings (SSSR count). The van der Waals surface area contributed by atoms with Crippen LogP contribution < -0.4 is 0 Å². The summed E-state index contributed by atoms with van der Waals surface area (Å²) in [5.74, 6) is 1.31. The number of nitrogens with zero attached hydrogens (tertiary/aromatic N) is 2. The molecule has 28 heavy (non-hydrogen) atoms. The second-order valence-corrected chi connectivity index (χ2v) is 9.17. The van der Waals surface area contributed by atoms with Gasteiger partial charge in [-0.15, -0.1) is 0 Å². The number of likely N-dealkylation sites (tertiary alicyclic amines) is 1. The Hall–Kier alpha value is -1.65. The molecule has 3 aliphatic heterocycles. The van der Waals surface area contributed by atoms with Crippen molar-refractivity contribution in [2.45, 2.75) is 57.2 Å². The first-order chi connectivity index (χ1) is 13.7. The standard InChI is InChI=1S/C24H32N2O2/c1-28-24(27)19-7-4-6-17(12-19)15-26-11-5-8-18-13-20-14-21(23(18)26)16-25-10-3-2-9-22(20)25/h4,6-7,12-13,20-23H,2-3,5,8-11,14-16H2,1H3/t20-,21-,22+,23+/m0/s1. The van der Waals surface area contributed by atoms with Crippen LogP contribution in [0.2, 0.25) is 0 Å². The van der Waals surface area contributed by atoms with Gasteiger partial charge in [-0.3, -0.25) is 9.80 Å². The zero-order chi connectivity index (χ0) is 19.1. The summed E-state index contributed by atoms with van der Waals surface area (Å²) in [6.45, 7) is 4.67. The first-order valence-electron chi connectivity index (χ1n) is 11.1. The van der Waals surface area contributed by atoms with Gasteiger partial charge in [-0.1, -0.05) is 30.2 Å². The summed E-state index contributed by atoms with van der Waals surface area (Å²) >= 11 is 0. The van der Waals surface area contributed by atoms with Crippen LogP contribution in [0.4, 0.5) is 0 Å². The molecule has 4 nitrogen and oxygen atoms in total. The Labute approximate surface area is 168 Å². The lowest BCUT2D eigenvalue weighted by atomic mass is 9.68. The molecular formula is C24H32N2O2. The Morgan fingerprint density at radius 1 is 1.21 bits per heavy atom. The molecule has 0 radical (unpaired) electrons. The zero-order valence-corrected chi connectivity index (χ0v) is 17.0. The van der Waals surface area contributed by atoms with Gasteiger partial charge in [-0.05, 0) is 74.7 Å². The number of ether oxygens (including phenoxy) is 1. The Kier molecular flexibility index (Phi) is 5.02. The van der Waals surface area contributed by atoms with Gasteiger partial charge in [0.25, 0.3) is 0 Å². The third-order valence-electron chi connectivity index (χ3n) is 7.49. The number of carbonyl (C=O) groups excluding carboxylic acids is 1. The van der Waals surface area contributed by atoms with Gasteiger partial charge in [-0.25, -0.2) is 4.79 Å². The van der Waals surface area contributed by atoms with Gasteiger partial charge in [0.05, 0.1) is 12.7 Å². The third-order valence-corrected chi connectivity index (χ3v) is 7.49. The molecule has 0 aromatic heterocycles. The van der Waals surface area contributed by atoms with E-state index in [1.807, 2.05) is 18.2 Å². The smallest absolute Gasteiger partial charge is 0.337 e. The molecule has 150 valence electrons. The van der Waals surface area contributed by atoms with E-state index in [-0.39, 0.29) is 5.97 Å². The Morgan fingerprint density at radius 2 is 2.14 bits per heavy atom. The zero-order valence-electron chi connectivity index (χ0n) is 17.0. The van der Waals surface area contributed by atoms with Crippen molar-refractivity contribution in [3.8, 4) is 0 Å². The average molecular weight is 381 g/mol. The number of hydrogen-bond donors (Lipinski definition) is 0. The molecule has 4 atom stereocenters. The molecule has 0 spiro atoms. The summed E-state index contributed by atoms with van der Waals surface area (Å²) in [5.41, 5.74) is 3.59. The Balaban J connectivity index is 1.38. The molecular weight excluding hydrogens is 348 g/mol. The molecule has 3 heterocycles. The molecule has 0 amide bonds. The predicted octanol–water partition coefficient (Wildman–Crippen LogP) is 3.87. The van der Waals surface area contributed by atoms with Crippen molar-refractivity contribution in [3.63, 3.8) is 0 Å². The Morgan fingerprint density at radius 3 is 3.04 bits per heavy atom. The van der Waals surface area contributed by atoms with E-state index in [4.69, 9.17) is 4.74 Å². The largest absolute Gasteiger partial charge is 0.465 e. The number of piperidine rings is 3. The normalized spacial score (nSPS) is 32.8. The summed E-state index contributed by atoms with van der Waals surface area (Å²) in [4.78, 5) is 17.4.